The Morgan fingerprint density at radius 1 is 1.42 bits per heavy atom. The van der Waals surface area contributed by atoms with E-state index in [1.165, 1.54) is 11.1 Å². The smallest absolute Gasteiger partial charge is 0.242 e. The van der Waals surface area contributed by atoms with Crippen molar-refractivity contribution in [1.29, 1.82) is 0 Å². The zero-order valence-corrected chi connectivity index (χ0v) is 14.1. The van der Waals surface area contributed by atoms with Crippen molar-refractivity contribution in [2.24, 2.45) is 0 Å². The van der Waals surface area contributed by atoms with E-state index in [9.17, 15) is 9.59 Å². The van der Waals surface area contributed by atoms with Crippen LogP contribution in [0.15, 0.2) is 24.3 Å². The number of carbonyl (C=O) groups is 2. The molecule has 0 bridgehead atoms. The monoisotopic (exact) mass is 331 g/mol. The van der Waals surface area contributed by atoms with Crippen LogP contribution in [0.3, 0.4) is 0 Å². The van der Waals surface area contributed by atoms with Crippen LogP contribution in [0.5, 0.6) is 0 Å². The zero-order valence-electron chi connectivity index (χ0n) is 14.1. The lowest BCUT2D eigenvalue weighted by Gasteiger charge is -2.35. The van der Waals surface area contributed by atoms with Gasteiger partial charge in [0.05, 0.1) is 19.3 Å². The number of benzene rings is 1. The van der Waals surface area contributed by atoms with Gasteiger partial charge in [0, 0.05) is 26.1 Å². The van der Waals surface area contributed by atoms with Gasteiger partial charge >= 0.3 is 0 Å². The Morgan fingerprint density at radius 2 is 2.21 bits per heavy atom. The number of carbonyl (C=O) groups excluding carboxylic acids is 2. The largest absolute Gasteiger partial charge is 0.379 e. The van der Waals surface area contributed by atoms with Crippen molar-refractivity contribution in [2.75, 3.05) is 32.8 Å². The molecule has 0 aromatic heterocycles. The summed E-state index contributed by atoms with van der Waals surface area (Å²) in [4.78, 5) is 25.9. The molecule has 0 unspecified atom stereocenters. The molecule has 2 atom stereocenters. The van der Waals surface area contributed by atoms with Crippen LogP contribution in [0.25, 0.3) is 0 Å². The Bertz CT molecular complexity index is 599. The molecule has 130 valence electrons. The Balaban J connectivity index is 1.67. The first-order valence-electron chi connectivity index (χ1n) is 8.59. The first-order chi connectivity index (χ1) is 11.6. The molecule has 1 aromatic rings. The van der Waals surface area contributed by atoms with Crippen molar-refractivity contribution >= 4 is 11.8 Å². The van der Waals surface area contributed by atoms with Crippen LogP contribution in [-0.2, 0) is 14.3 Å². The van der Waals surface area contributed by atoms with E-state index in [0.29, 0.717) is 19.4 Å². The van der Waals surface area contributed by atoms with Gasteiger partial charge in [0.15, 0.2) is 0 Å². The predicted octanol–water partition coefficient (Wildman–Crippen LogP) is 0.763. The number of hydrogen-bond donors (Lipinski definition) is 2. The molecule has 1 aromatic carbocycles. The number of rotatable bonds is 5. The van der Waals surface area contributed by atoms with Gasteiger partial charge in [-0.1, -0.05) is 29.8 Å². The van der Waals surface area contributed by atoms with E-state index in [0.717, 1.165) is 26.3 Å². The van der Waals surface area contributed by atoms with E-state index in [1.54, 1.807) is 0 Å². The molecule has 2 amide bonds. The van der Waals surface area contributed by atoms with Crippen LogP contribution in [0.2, 0.25) is 0 Å². The summed E-state index contributed by atoms with van der Waals surface area (Å²) in [7, 11) is 0. The van der Waals surface area contributed by atoms with Gasteiger partial charge in [-0.05, 0) is 18.9 Å². The standard InChI is InChI=1S/C18H25N3O3/c1-13-3-2-4-14(11-13)16(21-7-9-24-10-8-21)12-19-18(23)15-5-6-17(22)20-15/h2-4,11,15-16H,5-10,12H2,1H3,(H,19,23)(H,20,22)/t15-,16-/m1/s1. The van der Waals surface area contributed by atoms with Crippen molar-refractivity contribution in [2.45, 2.75) is 31.8 Å². The third kappa shape index (κ3) is 4.13. The summed E-state index contributed by atoms with van der Waals surface area (Å²) in [6, 6.07) is 8.14. The summed E-state index contributed by atoms with van der Waals surface area (Å²) >= 11 is 0. The maximum absolute atomic E-state index is 12.3. The van der Waals surface area contributed by atoms with Crippen LogP contribution in [-0.4, -0.2) is 55.6 Å². The van der Waals surface area contributed by atoms with Gasteiger partial charge in [-0.2, -0.15) is 0 Å². The van der Waals surface area contributed by atoms with Gasteiger partial charge in [-0.3, -0.25) is 14.5 Å². The number of ether oxygens (including phenoxy) is 1. The van der Waals surface area contributed by atoms with Gasteiger partial charge in [0.2, 0.25) is 11.8 Å². The lowest BCUT2D eigenvalue weighted by atomic mass is 10.0. The maximum atomic E-state index is 12.3. The molecule has 0 aliphatic carbocycles. The van der Waals surface area contributed by atoms with E-state index in [-0.39, 0.29) is 23.9 Å². The van der Waals surface area contributed by atoms with Gasteiger partial charge in [0.25, 0.3) is 0 Å². The quantitative estimate of drug-likeness (QED) is 0.836. The molecule has 6 heteroatoms. The third-order valence-corrected chi connectivity index (χ3v) is 4.69. The Labute approximate surface area is 142 Å². The molecule has 24 heavy (non-hydrogen) atoms. The van der Waals surface area contributed by atoms with E-state index in [2.05, 4.69) is 46.7 Å². The number of morpholine rings is 1. The summed E-state index contributed by atoms with van der Waals surface area (Å²) in [6.07, 6.45) is 1.01. The van der Waals surface area contributed by atoms with Crippen LogP contribution < -0.4 is 10.6 Å². The zero-order chi connectivity index (χ0) is 16.9. The minimum Gasteiger partial charge on any atom is -0.379 e. The highest BCUT2D eigenvalue weighted by molar-refractivity contribution is 5.90. The first kappa shape index (κ1) is 16.9. The second kappa shape index (κ2) is 7.77. The third-order valence-electron chi connectivity index (χ3n) is 4.69. The molecule has 2 aliphatic heterocycles. The normalized spacial score (nSPS) is 22.9. The van der Waals surface area contributed by atoms with Gasteiger partial charge in [-0.15, -0.1) is 0 Å². The van der Waals surface area contributed by atoms with Crippen LogP contribution in [0.1, 0.15) is 30.0 Å². The summed E-state index contributed by atoms with van der Waals surface area (Å²) in [6.45, 7) is 5.76. The number of aryl methyl sites for hydroxylation is 1. The molecule has 2 saturated heterocycles. The SMILES string of the molecule is Cc1cccc([C@@H](CNC(=O)[C@H]2CCC(=O)N2)N2CCOCC2)c1. The van der Waals surface area contributed by atoms with E-state index < -0.39 is 0 Å². The van der Waals surface area contributed by atoms with E-state index in [4.69, 9.17) is 4.74 Å². The molecule has 0 radical (unpaired) electrons. The lowest BCUT2D eigenvalue weighted by Crippen LogP contribution is -2.47. The minimum absolute atomic E-state index is 0.0430. The summed E-state index contributed by atoms with van der Waals surface area (Å²) in [5.41, 5.74) is 2.41. The number of amides is 2. The molecule has 0 spiro atoms. The highest BCUT2D eigenvalue weighted by Crippen LogP contribution is 2.22. The second-order valence-corrected chi connectivity index (χ2v) is 6.48. The minimum atomic E-state index is -0.389. The van der Waals surface area contributed by atoms with Crippen molar-refractivity contribution in [3.8, 4) is 0 Å². The molecule has 2 aliphatic rings. The summed E-state index contributed by atoms with van der Waals surface area (Å²) in [5.74, 6) is -0.134. The first-order valence-corrected chi connectivity index (χ1v) is 8.59. The van der Waals surface area contributed by atoms with Gasteiger partial charge < -0.3 is 15.4 Å². The van der Waals surface area contributed by atoms with E-state index in [1.807, 2.05) is 0 Å². The molecule has 3 rings (SSSR count). The van der Waals surface area contributed by atoms with Crippen molar-refractivity contribution in [1.82, 2.24) is 15.5 Å². The fourth-order valence-electron chi connectivity index (χ4n) is 3.36. The maximum Gasteiger partial charge on any atom is 0.242 e. The average Bonchev–Trinajstić information content (AvgIpc) is 3.02. The molecule has 2 fully saturated rings. The summed E-state index contributed by atoms with van der Waals surface area (Å²) < 4.78 is 5.45. The van der Waals surface area contributed by atoms with Crippen LogP contribution >= 0.6 is 0 Å². The fourth-order valence-corrected chi connectivity index (χ4v) is 3.36. The van der Waals surface area contributed by atoms with E-state index >= 15 is 0 Å². The molecule has 6 nitrogen and oxygen atoms in total. The van der Waals surface area contributed by atoms with Gasteiger partial charge in [0.1, 0.15) is 6.04 Å². The van der Waals surface area contributed by atoms with Crippen molar-refractivity contribution in [3.05, 3.63) is 35.4 Å². The molecular weight excluding hydrogens is 306 g/mol. The molecule has 2 N–H and O–H groups in total. The van der Waals surface area contributed by atoms with Crippen molar-refractivity contribution < 1.29 is 14.3 Å². The Kier molecular flexibility index (Phi) is 5.48. The Hall–Kier alpha value is -1.92. The summed E-state index contributed by atoms with van der Waals surface area (Å²) in [5, 5.41) is 5.75. The molecule has 2 heterocycles. The highest BCUT2D eigenvalue weighted by atomic mass is 16.5. The Morgan fingerprint density at radius 3 is 2.88 bits per heavy atom. The number of hydrogen-bond acceptors (Lipinski definition) is 4. The predicted molar refractivity (Wildman–Crippen MR) is 90.5 cm³/mol. The second-order valence-electron chi connectivity index (χ2n) is 6.48. The van der Waals surface area contributed by atoms with Gasteiger partial charge in [-0.25, -0.2) is 0 Å². The van der Waals surface area contributed by atoms with Crippen molar-refractivity contribution in [3.63, 3.8) is 0 Å². The number of nitrogens with one attached hydrogen (secondary N) is 2. The lowest BCUT2D eigenvalue weighted by molar-refractivity contribution is -0.126. The highest BCUT2D eigenvalue weighted by Gasteiger charge is 2.29. The van der Waals surface area contributed by atoms with Crippen LogP contribution in [0.4, 0.5) is 0 Å². The number of nitrogens with zero attached hydrogens (tertiary/aromatic N) is 1. The molecular formula is C18H25N3O3. The average molecular weight is 331 g/mol. The fraction of sp³-hybridized carbons (Fsp3) is 0.556. The van der Waals surface area contributed by atoms with Crippen LogP contribution in [0, 0.1) is 6.92 Å². The topological polar surface area (TPSA) is 70.7 Å². The molecule has 0 saturated carbocycles.